The fraction of sp³-hybridized carbons (Fsp3) is 0.111. The molecule has 4 heteroatoms. The molecule has 0 atom stereocenters. The highest BCUT2D eigenvalue weighted by Gasteiger charge is 2.10. The Morgan fingerprint density at radius 2 is 1.14 bits per heavy atom. The fourth-order valence-electron chi connectivity index (χ4n) is 3.13. The molecule has 0 aliphatic heterocycles. The maximum atomic E-state index is 5.67. The molecule has 0 spiro atoms. The van der Waals surface area contributed by atoms with Crippen molar-refractivity contribution < 1.29 is 8.83 Å². The molecule has 0 unspecified atom stereocenters. The zero-order valence-corrected chi connectivity index (χ0v) is 12.2. The molecule has 0 amide bonds. The largest absolute Gasteiger partial charge is 0.441 e. The minimum absolute atomic E-state index is 0.683. The molecule has 3 aromatic carbocycles. The number of rotatable bonds is 0. The Hall–Kier alpha value is -2.88. The van der Waals surface area contributed by atoms with Gasteiger partial charge in [0.1, 0.15) is 11.0 Å². The first-order valence-electron chi connectivity index (χ1n) is 7.18. The van der Waals surface area contributed by atoms with Crippen LogP contribution in [0, 0.1) is 13.8 Å². The summed E-state index contributed by atoms with van der Waals surface area (Å²) >= 11 is 0. The van der Waals surface area contributed by atoms with Crippen LogP contribution >= 0.6 is 0 Å². The number of aryl methyl sites for hydroxylation is 2. The van der Waals surface area contributed by atoms with Gasteiger partial charge in [0.05, 0.1) is 0 Å². The summed E-state index contributed by atoms with van der Waals surface area (Å²) in [6.45, 7) is 3.73. The van der Waals surface area contributed by atoms with Gasteiger partial charge in [-0.15, -0.1) is 0 Å². The van der Waals surface area contributed by atoms with Crippen LogP contribution in [-0.4, -0.2) is 9.97 Å². The Kier molecular flexibility index (Phi) is 2.06. The van der Waals surface area contributed by atoms with E-state index in [0.717, 1.165) is 43.7 Å². The summed E-state index contributed by atoms with van der Waals surface area (Å²) in [5.41, 5.74) is 3.40. The molecule has 22 heavy (non-hydrogen) atoms. The Morgan fingerprint density at radius 3 is 1.59 bits per heavy atom. The van der Waals surface area contributed by atoms with E-state index in [1.165, 1.54) is 0 Å². The van der Waals surface area contributed by atoms with Crippen LogP contribution in [0.15, 0.2) is 45.2 Å². The third kappa shape index (κ3) is 1.52. The lowest BCUT2D eigenvalue weighted by Gasteiger charge is -2.03. The van der Waals surface area contributed by atoms with Crippen molar-refractivity contribution in [2.24, 2.45) is 0 Å². The standard InChI is InChI=1S/C18H12N2O2/c1-9-19-15-5-11-3-4-12-6-16-18(22-10(2)20-16)8-14(12)13(11)7-17(15)21-9/h3-8H,1-2H3. The van der Waals surface area contributed by atoms with E-state index < -0.39 is 0 Å². The fourth-order valence-corrected chi connectivity index (χ4v) is 3.13. The molecule has 2 heterocycles. The van der Waals surface area contributed by atoms with Crippen LogP contribution in [-0.2, 0) is 0 Å². The number of hydrogen-bond acceptors (Lipinski definition) is 4. The molecule has 5 aromatic rings. The molecule has 0 N–H and O–H groups in total. The lowest BCUT2D eigenvalue weighted by molar-refractivity contribution is 0.560. The van der Waals surface area contributed by atoms with Gasteiger partial charge in [-0.05, 0) is 45.8 Å². The number of nitrogens with zero attached hydrogens (tertiary/aromatic N) is 2. The summed E-state index contributed by atoms with van der Waals surface area (Å²) in [5.74, 6) is 1.37. The highest BCUT2D eigenvalue weighted by Crippen LogP contribution is 2.32. The third-order valence-corrected chi connectivity index (χ3v) is 4.07. The zero-order valence-electron chi connectivity index (χ0n) is 12.2. The average molecular weight is 288 g/mol. The summed E-state index contributed by atoms with van der Waals surface area (Å²) in [5, 5.41) is 4.56. The Bertz CT molecular complexity index is 1100. The van der Waals surface area contributed by atoms with E-state index in [1.807, 2.05) is 13.8 Å². The van der Waals surface area contributed by atoms with Gasteiger partial charge in [-0.3, -0.25) is 0 Å². The van der Waals surface area contributed by atoms with Crippen LogP contribution in [0.5, 0.6) is 0 Å². The van der Waals surface area contributed by atoms with Crippen molar-refractivity contribution in [2.75, 3.05) is 0 Å². The zero-order chi connectivity index (χ0) is 14.8. The molecule has 0 aliphatic carbocycles. The van der Waals surface area contributed by atoms with Crippen molar-refractivity contribution in [3.05, 3.63) is 48.2 Å². The minimum atomic E-state index is 0.683. The first-order chi connectivity index (χ1) is 10.7. The van der Waals surface area contributed by atoms with Gasteiger partial charge in [0.15, 0.2) is 22.9 Å². The average Bonchev–Trinajstić information content (AvgIpc) is 3.02. The lowest BCUT2D eigenvalue weighted by Crippen LogP contribution is -1.79. The van der Waals surface area contributed by atoms with E-state index in [2.05, 4.69) is 46.4 Å². The molecule has 0 aliphatic rings. The van der Waals surface area contributed by atoms with Crippen LogP contribution in [0.2, 0.25) is 0 Å². The normalized spacial score (nSPS) is 12.1. The first-order valence-corrected chi connectivity index (χ1v) is 7.18. The van der Waals surface area contributed by atoms with E-state index >= 15 is 0 Å². The molecule has 0 radical (unpaired) electrons. The molecule has 0 saturated carbocycles. The maximum Gasteiger partial charge on any atom is 0.192 e. The number of oxazole rings is 2. The van der Waals surface area contributed by atoms with E-state index in [-0.39, 0.29) is 0 Å². The summed E-state index contributed by atoms with van der Waals surface area (Å²) < 4.78 is 11.3. The summed E-state index contributed by atoms with van der Waals surface area (Å²) in [6.07, 6.45) is 0. The topological polar surface area (TPSA) is 52.1 Å². The molecule has 4 nitrogen and oxygen atoms in total. The Labute approximate surface area is 125 Å². The highest BCUT2D eigenvalue weighted by atomic mass is 16.3. The van der Waals surface area contributed by atoms with Gasteiger partial charge in [0, 0.05) is 13.8 Å². The molecule has 0 saturated heterocycles. The molecule has 106 valence electrons. The predicted molar refractivity (Wildman–Crippen MR) is 86.1 cm³/mol. The minimum Gasteiger partial charge on any atom is -0.441 e. The van der Waals surface area contributed by atoms with Crippen molar-refractivity contribution in [1.82, 2.24) is 9.97 Å². The van der Waals surface area contributed by atoms with Gasteiger partial charge in [0.2, 0.25) is 0 Å². The van der Waals surface area contributed by atoms with Gasteiger partial charge in [-0.2, -0.15) is 0 Å². The van der Waals surface area contributed by atoms with Crippen molar-refractivity contribution in [1.29, 1.82) is 0 Å². The summed E-state index contributed by atoms with van der Waals surface area (Å²) in [4.78, 5) is 8.80. The number of aromatic nitrogens is 2. The number of hydrogen-bond donors (Lipinski definition) is 0. The van der Waals surface area contributed by atoms with Gasteiger partial charge in [-0.1, -0.05) is 12.1 Å². The molecular weight excluding hydrogens is 276 g/mol. The molecule has 0 fully saturated rings. The van der Waals surface area contributed by atoms with E-state index in [9.17, 15) is 0 Å². The second kappa shape index (κ2) is 3.85. The number of fused-ring (bicyclic) bond motifs is 5. The van der Waals surface area contributed by atoms with Crippen molar-refractivity contribution in [3.8, 4) is 0 Å². The van der Waals surface area contributed by atoms with Gasteiger partial charge >= 0.3 is 0 Å². The SMILES string of the molecule is Cc1nc2cc3ccc4cc5nc(C)oc5cc4c3cc2o1. The van der Waals surface area contributed by atoms with E-state index in [4.69, 9.17) is 8.83 Å². The summed E-state index contributed by atoms with van der Waals surface area (Å²) in [7, 11) is 0. The van der Waals surface area contributed by atoms with Crippen molar-refractivity contribution in [3.63, 3.8) is 0 Å². The van der Waals surface area contributed by atoms with Gasteiger partial charge in [-0.25, -0.2) is 9.97 Å². The van der Waals surface area contributed by atoms with Crippen molar-refractivity contribution >= 4 is 43.7 Å². The summed E-state index contributed by atoms with van der Waals surface area (Å²) in [6, 6.07) is 12.5. The van der Waals surface area contributed by atoms with Crippen LogP contribution in [0.4, 0.5) is 0 Å². The lowest BCUT2D eigenvalue weighted by atomic mass is 10.0. The van der Waals surface area contributed by atoms with Crippen LogP contribution in [0.3, 0.4) is 0 Å². The van der Waals surface area contributed by atoms with E-state index in [1.54, 1.807) is 0 Å². The van der Waals surface area contributed by atoms with Crippen LogP contribution in [0.25, 0.3) is 43.7 Å². The van der Waals surface area contributed by atoms with Gasteiger partial charge < -0.3 is 8.83 Å². The van der Waals surface area contributed by atoms with Crippen LogP contribution < -0.4 is 0 Å². The number of benzene rings is 3. The quantitative estimate of drug-likeness (QED) is 0.381. The molecule has 2 aromatic heterocycles. The van der Waals surface area contributed by atoms with E-state index in [0.29, 0.717) is 11.8 Å². The third-order valence-electron chi connectivity index (χ3n) is 4.07. The monoisotopic (exact) mass is 288 g/mol. The predicted octanol–water partition coefficient (Wildman–Crippen LogP) is 4.89. The van der Waals surface area contributed by atoms with Crippen LogP contribution in [0.1, 0.15) is 11.8 Å². The van der Waals surface area contributed by atoms with Gasteiger partial charge in [0.25, 0.3) is 0 Å². The second-order valence-corrected chi connectivity index (χ2v) is 5.61. The molecule has 5 rings (SSSR count). The smallest absolute Gasteiger partial charge is 0.192 e. The first kappa shape index (κ1) is 11.7. The maximum absolute atomic E-state index is 5.67. The Balaban J connectivity index is 1.99. The second-order valence-electron chi connectivity index (χ2n) is 5.61. The Morgan fingerprint density at radius 1 is 0.682 bits per heavy atom. The molecule has 0 bridgehead atoms. The highest BCUT2D eigenvalue weighted by molar-refractivity contribution is 6.13. The molecular formula is C18H12N2O2. The van der Waals surface area contributed by atoms with Crippen molar-refractivity contribution in [2.45, 2.75) is 13.8 Å².